The molecule has 6 rings (SSSR count). The van der Waals surface area contributed by atoms with E-state index in [4.69, 9.17) is 5.73 Å². The van der Waals surface area contributed by atoms with E-state index in [1.807, 2.05) is 18.2 Å². The molecule has 0 bridgehead atoms. The van der Waals surface area contributed by atoms with Gasteiger partial charge in [0, 0.05) is 48.0 Å². The molecule has 0 radical (unpaired) electrons. The van der Waals surface area contributed by atoms with Crippen molar-refractivity contribution < 1.29 is 14.8 Å². The molecule has 0 fully saturated rings. The Kier molecular flexibility index (Phi) is 6.60. The van der Waals surface area contributed by atoms with Gasteiger partial charge in [-0.3, -0.25) is 14.3 Å². The molecular formula is C30H25N9O3. The second-order valence-electron chi connectivity index (χ2n) is 9.73. The number of nitrogens with two attached hydrogens (primary N) is 1. The van der Waals surface area contributed by atoms with E-state index in [-0.39, 0.29) is 28.6 Å². The number of hydrogen-bond acceptors (Lipinski definition) is 8. The van der Waals surface area contributed by atoms with Crippen molar-refractivity contribution in [2.45, 2.75) is 19.0 Å². The number of Topliss-reactive ketones (excluding diaryl/α,β-unsaturated/α-hetero) is 1. The van der Waals surface area contributed by atoms with Crippen molar-refractivity contribution in [1.29, 1.82) is 0 Å². The number of para-hydroxylation sites is 1. The lowest BCUT2D eigenvalue weighted by atomic mass is 9.85. The van der Waals surface area contributed by atoms with Crippen LogP contribution in [0, 0.1) is 11.8 Å². The van der Waals surface area contributed by atoms with Crippen LogP contribution in [0.25, 0.3) is 5.65 Å². The molecule has 3 aromatic heterocycles. The molecular weight excluding hydrogens is 534 g/mol. The Morgan fingerprint density at radius 1 is 1.14 bits per heavy atom. The zero-order valence-corrected chi connectivity index (χ0v) is 22.6. The minimum atomic E-state index is -0.979. The number of hydrogen-bond donors (Lipinski definition) is 3. The van der Waals surface area contributed by atoms with Gasteiger partial charge in [0.2, 0.25) is 0 Å². The highest BCUT2D eigenvalue weighted by molar-refractivity contribution is 6.25. The van der Waals surface area contributed by atoms with E-state index >= 15 is 0 Å². The fourth-order valence-electron chi connectivity index (χ4n) is 5.16. The van der Waals surface area contributed by atoms with Crippen LogP contribution in [-0.2, 0) is 7.05 Å². The summed E-state index contributed by atoms with van der Waals surface area (Å²) in [4.78, 5) is 33.6. The summed E-state index contributed by atoms with van der Waals surface area (Å²) in [5.74, 6) is 5.46. The van der Waals surface area contributed by atoms with E-state index in [2.05, 4.69) is 37.5 Å². The molecule has 4 N–H and O–H groups in total. The molecule has 4 heterocycles. The number of amidine groups is 1. The molecule has 2 aromatic carbocycles. The average molecular weight is 560 g/mol. The lowest BCUT2D eigenvalue weighted by Crippen LogP contribution is -2.59. The van der Waals surface area contributed by atoms with Crippen LogP contribution >= 0.6 is 0 Å². The molecule has 1 unspecified atom stereocenters. The number of ketones is 1. The number of rotatable bonds is 4. The van der Waals surface area contributed by atoms with Crippen molar-refractivity contribution >= 4 is 34.7 Å². The summed E-state index contributed by atoms with van der Waals surface area (Å²) in [6.45, 7) is 1.71. The highest BCUT2D eigenvalue weighted by Crippen LogP contribution is 2.32. The summed E-state index contributed by atoms with van der Waals surface area (Å²) in [5, 5.41) is 25.3. The van der Waals surface area contributed by atoms with E-state index in [0.717, 1.165) is 0 Å². The number of nitrogen functional groups attached to an aromatic ring is 1. The minimum absolute atomic E-state index is 0.00748. The van der Waals surface area contributed by atoms with Gasteiger partial charge in [-0.25, -0.2) is 9.50 Å². The zero-order valence-electron chi connectivity index (χ0n) is 22.6. The minimum Gasteiger partial charge on any atom is -0.409 e. The van der Waals surface area contributed by atoms with E-state index < -0.39 is 18.0 Å². The third-order valence-electron chi connectivity index (χ3n) is 6.99. The monoisotopic (exact) mass is 559 g/mol. The molecule has 12 heteroatoms. The van der Waals surface area contributed by atoms with Crippen LogP contribution in [-0.4, -0.2) is 59.2 Å². The fraction of sp³-hybridized carbons (Fsp3) is 0.133. The molecule has 1 aliphatic heterocycles. The Morgan fingerprint density at radius 2 is 1.95 bits per heavy atom. The topological polar surface area (TPSA) is 156 Å². The molecule has 0 spiro atoms. The number of carbonyl (C=O) groups is 2. The molecule has 42 heavy (non-hydrogen) atoms. The normalized spacial score (nSPS) is 16.1. The van der Waals surface area contributed by atoms with Crippen LogP contribution in [0.2, 0.25) is 0 Å². The van der Waals surface area contributed by atoms with Gasteiger partial charge in [0.05, 0.1) is 17.8 Å². The number of fused-ring (bicyclic) bond motifs is 2. The second-order valence-corrected chi connectivity index (χ2v) is 9.73. The molecule has 0 saturated carbocycles. The van der Waals surface area contributed by atoms with Crippen molar-refractivity contribution in [3.63, 3.8) is 0 Å². The van der Waals surface area contributed by atoms with Crippen LogP contribution < -0.4 is 16.0 Å². The van der Waals surface area contributed by atoms with Crippen molar-refractivity contribution in [2.24, 2.45) is 12.2 Å². The summed E-state index contributed by atoms with van der Waals surface area (Å²) in [7, 11) is 1.79. The first-order valence-electron chi connectivity index (χ1n) is 13.0. The van der Waals surface area contributed by atoms with E-state index in [1.165, 1.54) is 10.7 Å². The van der Waals surface area contributed by atoms with Crippen molar-refractivity contribution in [2.75, 3.05) is 10.6 Å². The first-order chi connectivity index (χ1) is 20.4. The molecule has 5 aromatic rings. The zero-order chi connectivity index (χ0) is 29.4. The maximum absolute atomic E-state index is 14.2. The largest absolute Gasteiger partial charge is 0.409 e. The Morgan fingerprint density at radius 3 is 2.69 bits per heavy atom. The predicted octanol–water partition coefficient (Wildman–Crippen LogP) is 2.47. The number of anilines is 2. The summed E-state index contributed by atoms with van der Waals surface area (Å²) in [6.07, 6.45) is 6.58. The highest BCUT2D eigenvalue weighted by Gasteiger charge is 2.43. The number of aromatic nitrogens is 5. The Bertz CT molecular complexity index is 1930. The Labute approximate surface area is 240 Å². The van der Waals surface area contributed by atoms with Crippen LogP contribution in [0.1, 0.15) is 44.3 Å². The SMILES string of the molecule is C[C@@H](NC(=O)c1c(N)nn2cccnc12)C1C(=O)c2cccc(C#Cc3cnn(C)c3)c2C(=NO)N1c1ccccc1. The van der Waals surface area contributed by atoms with E-state index in [9.17, 15) is 14.8 Å². The maximum Gasteiger partial charge on any atom is 0.259 e. The van der Waals surface area contributed by atoms with Crippen molar-refractivity contribution in [3.8, 4) is 11.8 Å². The van der Waals surface area contributed by atoms with Crippen LogP contribution in [0.5, 0.6) is 0 Å². The third kappa shape index (κ3) is 4.48. The van der Waals surface area contributed by atoms with Gasteiger partial charge < -0.3 is 21.2 Å². The number of amides is 1. The molecule has 1 amide bonds. The first-order valence-corrected chi connectivity index (χ1v) is 13.0. The quantitative estimate of drug-likeness (QED) is 0.172. The van der Waals surface area contributed by atoms with Gasteiger partial charge in [0.1, 0.15) is 11.6 Å². The Balaban J connectivity index is 1.44. The van der Waals surface area contributed by atoms with Gasteiger partial charge in [-0.1, -0.05) is 47.3 Å². The number of carbonyl (C=O) groups excluding carboxylic acids is 2. The first kappa shape index (κ1) is 26.3. The smallest absolute Gasteiger partial charge is 0.259 e. The second kappa shape index (κ2) is 10.5. The third-order valence-corrected chi connectivity index (χ3v) is 6.99. The van der Waals surface area contributed by atoms with Crippen LogP contribution in [0.4, 0.5) is 11.5 Å². The van der Waals surface area contributed by atoms with Crippen molar-refractivity contribution in [3.05, 3.63) is 107 Å². The summed E-state index contributed by atoms with van der Waals surface area (Å²) in [6, 6.07) is 14.1. The molecule has 0 aliphatic carbocycles. The predicted molar refractivity (Wildman–Crippen MR) is 155 cm³/mol. The van der Waals surface area contributed by atoms with Gasteiger partial charge in [-0.2, -0.15) is 5.10 Å². The van der Waals surface area contributed by atoms with Gasteiger partial charge in [-0.05, 0) is 31.2 Å². The molecule has 2 atom stereocenters. The number of benzene rings is 2. The average Bonchev–Trinajstić information content (AvgIpc) is 3.57. The summed E-state index contributed by atoms with van der Waals surface area (Å²) >= 11 is 0. The molecule has 1 aliphatic rings. The lowest BCUT2D eigenvalue weighted by molar-refractivity contribution is 0.0900. The van der Waals surface area contributed by atoms with Gasteiger partial charge >= 0.3 is 0 Å². The fourth-order valence-corrected chi connectivity index (χ4v) is 5.16. The summed E-state index contributed by atoms with van der Waals surface area (Å²) < 4.78 is 3.06. The van der Waals surface area contributed by atoms with Gasteiger partial charge in [-0.15, -0.1) is 5.10 Å². The van der Waals surface area contributed by atoms with Gasteiger partial charge in [0.25, 0.3) is 5.91 Å². The van der Waals surface area contributed by atoms with Gasteiger partial charge in [0.15, 0.2) is 23.1 Å². The lowest BCUT2D eigenvalue weighted by Gasteiger charge is -2.40. The summed E-state index contributed by atoms with van der Waals surface area (Å²) in [5.41, 5.74) is 8.93. The number of nitrogens with zero attached hydrogens (tertiary/aromatic N) is 7. The van der Waals surface area contributed by atoms with Crippen LogP contribution in [0.3, 0.4) is 0 Å². The Hall–Kier alpha value is -5.96. The maximum atomic E-state index is 14.2. The number of aryl methyl sites for hydroxylation is 1. The van der Waals surface area contributed by atoms with Crippen LogP contribution in [0.15, 0.2) is 84.5 Å². The number of nitrogens with one attached hydrogen (secondary N) is 1. The van der Waals surface area contributed by atoms with E-state index in [0.29, 0.717) is 27.9 Å². The van der Waals surface area contributed by atoms with E-state index in [1.54, 1.807) is 78.5 Å². The molecule has 0 saturated heterocycles. The van der Waals surface area contributed by atoms with Crippen molar-refractivity contribution in [1.82, 2.24) is 29.7 Å². The standard InChI is InChI=1S/C30H25N9O3/c1-18(34-30(41)24-27(31)35-38-15-7-14-32-28(24)38)25-26(40)22-11-6-8-20(13-12-19-16-33-37(2)17-19)23(22)29(36-42)39(25)21-9-4-3-5-10-21/h3-11,14-18,25,42H,1-2H3,(H2,31,35)(H,34,41)/t18-,25?/m1/s1. The molecule has 208 valence electrons. The molecule has 12 nitrogen and oxygen atoms in total. The highest BCUT2D eigenvalue weighted by atomic mass is 16.4. The number of oxime groups is 1.